The number of morpholine rings is 1. The smallest absolute Gasteiger partial charge is 0.411 e. The predicted molar refractivity (Wildman–Crippen MR) is 59.1 cm³/mol. The van der Waals surface area contributed by atoms with E-state index < -0.39 is 11.6 Å². The molecule has 1 aliphatic heterocycles. The van der Waals surface area contributed by atoms with Gasteiger partial charge in [-0.25, -0.2) is 4.79 Å². The van der Waals surface area contributed by atoms with Gasteiger partial charge in [0.05, 0.1) is 19.8 Å². The summed E-state index contributed by atoms with van der Waals surface area (Å²) in [6.07, 6.45) is 2.52. The van der Waals surface area contributed by atoms with Crippen molar-refractivity contribution in [1.82, 2.24) is 4.90 Å². The molecule has 1 fully saturated rings. The molecule has 90 valence electrons. The molecule has 0 bridgehead atoms. The summed E-state index contributed by atoms with van der Waals surface area (Å²) in [4.78, 5) is 13.2. The van der Waals surface area contributed by atoms with Crippen LogP contribution in [0.5, 0.6) is 0 Å². The first-order valence-corrected chi connectivity index (χ1v) is 5.07. The van der Waals surface area contributed by atoms with Crippen LogP contribution >= 0.6 is 0 Å². The third-order valence-corrected chi connectivity index (χ3v) is 2.55. The van der Waals surface area contributed by atoms with Gasteiger partial charge in [0, 0.05) is 6.54 Å². The summed E-state index contributed by atoms with van der Waals surface area (Å²) >= 11 is 0. The average molecular weight is 227 g/mol. The highest BCUT2D eigenvalue weighted by Crippen LogP contribution is 2.22. The molecule has 0 spiro atoms. The zero-order chi connectivity index (χ0) is 12.0. The quantitative estimate of drug-likeness (QED) is 0.713. The molecule has 1 atom stereocenters. The Hall–Kier alpha value is -1.33. The number of hydrogen-bond donors (Lipinski definition) is 1. The predicted octanol–water partition coefficient (Wildman–Crippen LogP) is 0.558. The number of carbonyl (C=O) groups is 1. The third kappa shape index (κ3) is 2.43. The zero-order valence-electron chi connectivity index (χ0n) is 9.22. The van der Waals surface area contributed by atoms with E-state index in [0.717, 1.165) is 0 Å². The molecule has 5 nitrogen and oxygen atoms in total. The maximum Gasteiger partial charge on any atom is 0.411 e. The monoisotopic (exact) mass is 227 g/mol. The number of amides is 1. The minimum absolute atomic E-state index is 0.148. The Kier molecular flexibility index (Phi) is 4.52. The number of aliphatic hydroxyl groups is 1. The molecule has 1 amide bonds. The standard InChI is InChI=1S/C11H17NO4/c1-3-6-16-10(14)12-5-7-15-9-11(12,4-2)8-13/h3-4,13H,1-2,5-9H2. The van der Waals surface area contributed by atoms with Gasteiger partial charge in [0.2, 0.25) is 0 Å². The molecule has 0 aromatic heterocycles. The van der Waals surface area contributed by atoms with Gasteiger partial charge >= 0.3 is 6.09 Å². The van der Waals surface area contributed by atoms with Crippen LogP contribution in [0.1, 0.15) is 0 Å². The highest BCUT2D eigenvalue weighted by Gasteiger charge is 2.40. The summed E-state index contributed by atoms with van der Waals surface area (Å²) in [6, 6.07) is 0. The van der Waals surface area contributed by atoms with Crippen molar-refractivity contribution in [2.75, 3.05) is 33.0 Å². The van der Waals surface area contributed by atoms with Gasteiger partial charge in [-0.05, 0) is 0 Å². The molecule has 0 saturated carbocycles. The topological polar surface area (TPSA) is 59.0 Å². The van der Waals surface area contributed by atoms with Gasteiger partial charge in [0.25, 0.3) is 0 Å². The number of rotatable bonds is 4. The number of aliphatic hydroxyl groups excluding tert-OH is 1. The van der Waals surface area contributed by atoms with Gasteiger partial charge in [0.1, 0.15) is 12.1 Å². The van der Waals surface area contributed by atoms with Gasteiger partial charge in [-0.2, -0.15) is 0 Å². The molecule has 1 heterocycles. The molecule has 0 aliphatic carbocycles. The van der Waals surface area contributed by atoms with E-state index in [1.807, 2.05) is 0 Å². The van der Waals surface area contributed by atoms with Crippen LogP contribution in [0.4, 0.5) is 4.79 Å². The molecular weight excluding hydrogens is 210 g/mol. The van der Waals surface area contributed by atoms with Crippen LogP contribution in [0.25, 0.3) is 0 Å². The molecule has 5 heteroatoms. The second kappa shape index (κ2) is 5.67. The molecule has 16 heavy (non-hydrogen) atoms. The normalized spacial score (nSPS) is 24.9. The van der Waals surface area contributed by atoms with Crippen molar-refractivity contribution < 1.29 is 19.4 Å². The van der Waals surface area contributed by atoms with Crippen LogP contribution < -0.4 is 0 Å². The second-order valence-electron chi connectivity index (χ2n) is 3.54. The first-order chi connectivity index (χ1) is 7.70. The highest BCUT2D eigenvalue weighted by atomic mass is 16.6. The lowest BCUT2D eigenvalue weighted by Crippen LogP contribution is -2.60. The van der Waals surface area contributed by atoms with E-state index in [9.17, 15) is 9.90 Å². The van der Waals surface area contributed by atoms with Crippen molar-refractivity contribution in [3.63, 3.8) is 0 Å². The van der Waals surface area contributed by atoms with Crippen LogP contribution in [-0.4, -0.2) is 54.6 Å². The van der Waals surface area contributed by atoms with Crippen molar-refractivity contribution in [3.8, 4) is 0 Å². The lowest BCUT2D eigenvalue weighted by molar-refractivity contribution is -0.0590. The zero-order valence-corrected chi connectivity index (χ0v) is 9.22. The van der Waals surface area contributed by atoms with Crippen LogP contribution in [0.15, 0.2) is 25.3 Å². The van der Waals surface area contributed by atoms with Crippen molar-refractivity contribution in [2.45, 2.75) is 5.54 Å². The summed E-state index contributed by atoms with van der Waals surface area (Å²) < 4.78 is 10.2. The first-order valence-electron chi connectivity index (χ1n) is 5.07. The Morgan fingerprint density at radius 1 is 1.62 bits per heavy atom. The Bertz CT molecular complexity index is 279. The van der Waals surface area contributed by atoms with E-state index >= 15 is 0 Å². The summed E-state index contributed by atoms with van der Waals surface area (Å²) in [7, 11) is 0. The third-order valence-electron chi connectivity index (χ3n) is 2.55. The van der Waals surface area contributed by atoms with Crippen LogP contribution in [0.3, 0.4) is 0 Å². The molecule has 1 N–H and O–H groups in total. The average Bonchev–Trinajstić information content (AvgIpc) is 2.35. The number of nitrogens with zero attached hydrogens (tertiary/aromatic N) is 1. The van der Waals surface area contributed by atoms with Crippen LogP contribution in [0.2, 0.25) is 0 Å². The fourth-order valence-corrected chi connectivity index (χ4v) is 1.55. The van der Waals surface area contributed by atoms with Crippen molar-refractivity contribution >= 4 is 6.09 Å². The fourth-order valence-electron chi connectivity index (χ4n) is 1.55. The van der Waals surface area contributed by atoms with Crippen molar-refractivity contribution in [1.29, 1.82) is 0 Å². The SMILES string of the molecule is C=CCOC(=O)N1CCOCC1(C=C)CO. The van der Waals surface area contributed by atoms with E-state index in [2.05, 4.69) is 13.2 Å². The molecule has 1 aliphatic rings. The number of hydrogen-bond acceptors (Lipinski definition) is 4. The van der Waals surface area contributed by atoms with E-state index in [-0.39, 0.29) is 19.8 Å². The van der Waals surface area contributed by atoms with E-state index in [0.29, 0.717) is 13.2 Å². The second-order valence-corrected chi connectivity index (χ2v) is 3.54. The van der Waals surface area contributed by atoms with Crippen LogP contribution in [-0.2, 0) is 9.47 Å². The van der Waals surface area contributed by atoms with Crippen molar-refractivity contribution in [2.24, 2.45) is 0 Å². The molecule has 0 aromatic carbocycles. The van der Waals surface area contributed by atoms with E-state index in [1.165, 1.54) is 17.1 Å². The van der Waals surface area contributed by atoms with Gasteiger partial charge < -0.3 is 14.6 Å². The van der Waals surface area contributed by atoms with Crippen LogP contribution in [0, 0.1) is 0 Å². The Balaban J connectivity index is 2.76. The van der Waals surface area contributed by atoms with Crippen molar-refractivity contribution in [3.05, 3.63) is 25.3 Å². The maximum absolute atomic E-state index is 11.7. The Labute approximate surface area is 94.9 Å². The summed E-state index contributed by atoms with van der Waals surface area (Å²) in [5.74, 6) is 0. The Morgan fingerprint density at radius 3 is 2.94 bits per heavy atom. The summed E-state index contributed by atoms with van der Waals surface area (Å²) in [5.41, 5.74) is -0.878. The summed E-state index contributed by atoms with van der Waals surface area (Å²) in [5, 5.41) is 9.37. The van der Waals surface area contributed by atoms with Gasteiger partial charge in [-0.1, -0.05) is 18.7 Å². The minimum atomic E-state index is -0.878. The minimum Gasteiger partial charge on any atom is -0.445 e. The number of ether oxygens (including phenoxy) is 2. The number of carbonyl (C=O) groups excluding carboxylic acids is 1. The van der Waals surface area contributed by atoms with Gasteiger partial charge in [0.15, 0.2) is 0 Å². The molecule has 1 unspecified atom stereocenters. The molecule has 1 saturated heterocycles. The fraction of sp³-hybridized carbons (Fsp3) is 0.545. The largest absolute Gasteiger partial charge is 0.445 e. The lowest BCUT2D eigenvalue weighted by Gasteiger charge is -2.42. The molecule has 1 rings (SSSR count). The van der Waals surface area contributed by atoms with E-state index in [1.54, 1.807) is 0 Å². The maximum atomic E-state index is 11.7. The molecular formula is C11H17NO4. The summed E-state index contributed by atoms with van der Waals surface area (Å²) in [6.45, 7) is 8.05. The molecule has 0 radical (unpaired) electrons. The van der Waals surface area contributed by atoms with Gasteiger partial charge in [-0.3, -0.25) is 4.90 Å². The lowest BCUT2D eigenvalue weighted by atomic mass is 9.99. The molecule has 0 aromatic rings. The Morgan fingerprint density at radius 2 is 2.38 bits per heavy atom. The van der Waals surface area contributed by atoms with E-state index in [4.69, 9.17) is 9.47 Å². The highest BCUT2D eigenvalue weighted by molar-refractivity contribution is 5.69. The van der Waals surface area contributed by atoms with Gasteiger partial charge in [-0.15, -0.1) is 6.58 Å². The first kappa shape index (κ1) is 12.7.